The van der Waals surface area contributed by atoms with Crippen LogP contribution in [0.5, 0.6) is 0 Å². The van der Waals surface area contributed by atoms with Crippen LogP contribution in [0.3, 0.4) is 0 Å². The van der Waals surface area contributed by atoms with E-state index in [0.29, 0.717) is 11.5 Å². The van der Waals surface area contributed by atoms with E-state index in [4.69, 9.17) is 0 Å². The molecule has 0 aliphatic carbocycles. The average Bonchev–Trinajstić information content (AvgIpc) is 3.09. The zero-order valence-corrected chi connectivity index (χ0v) is 14.8. The summed E-state index contributed by atoms with van der Waals surface area (Å²) in [6.45, 7) is 3.64. The zero-order valence-electron chi connectivity index (χ0n) is 14.8. The van der Waals surface area contributed by atoms with E-state index in [1.54, 1.807) is 12.3 Å². The molecule has 0 radical (unpaired) electrons. The number of likely N-dealkylation sites (tertiary alicyclic amines) is 1. The van der Waals surface area contributed by atoms with Crippen molar-refractivity contribution in [2.24, 2.45) is 5.92 Å². The topological polar surface area (TPSA) is 49.0 Å². The van der Waals surface area contributed by atoms with Crippen molar-refractivity contribution in [2.75, 3.05) is 13.1 Å². The second-order valence-corrected chi connectivity index (χ2v) is 6.90. The van der Waals surface area contributed by atoms with E-state index >= 15 is 0 Å². The summed E-state index contributed by atoms with van der Waals surface area (Å²) < 4.78 is 13.8. The number of carbonyl (C=O) groups is 1. The SMILES string of the molecule is CCCc1[nH]ncc1C(=O)N1CCCC(CCc2ccccc2F)C1. The van der Waals surface area contributed by atoms with Crippen molar-refractivity contribution in [2.45, 2.75) is 45.4 Å². The maximum atomic E-state index is 13.8. The number of rotatable bonds is 6. The molecule has 1 amide bonds. The van der Waals surface area contributed by atoms with Crippen LogP contribution in [0.15, 0.2) is 30.5 Å². The lowest BCUT2D eigenvalue weighted by atomic mass is 9.91. The van der Waals surface area contributed by atoms with Gasteiger partial charge in [0.25, 0.3) is 5.91 Å². The van der Waals surface area contributed by atoms with Gasteiger partial charge < -0.3 is 4.90 Å². The molecule has 4 nitrogen and oxygen atoms in total. The highest BCUT2D eigenvalue weighted by Crippen LogP contribution is 2.24. The Labute approximate surface area is 148 Å². The van der Waals surface area contributed by atoms with Crippen molar-refractivity contribution in [3.05, 3.63) is 53.1 Å². The smallest absolute Gasteiger partial charge is 0.257 e. The summed E-state index contributed by atoms with van der Waals surface area (Å²) in [7, 11) is 0. The fourth-order valence-corrected chi connectivity index (χ4v) is 3.65. The van der Waals surface area contributed by atoms with Crippen LogP contribution in [0.1, 0.15) is 54.2 Å². The number of nitrogens with zero attached hydrogens (tertiary/aromatic N) is 2. The molecule has 1 atom stereocenters. The monoisotopic (exact) mass is 343 g/mol. The number of aryl methyl sites for hydroxylation is 2. The summed E-state index contributed by atoms with van der Waals surface area (Å²) in [5, 5.41) is 7.00. The maximum absolute atomic E-state index is 13.8. The third-order valence-corrected chi connectivity index (χ3v) is 5.03. The minimum absolute atomic E-state index is 0.0767. The van der Waals surface area contributed by atoms with Crippen molar-refractivity contribution in [3.63, 3.8) is 0 Å². The average molecular weight is 343 g/mol. The third-order valence-electron chi connectivity index (χ3n) is 5.03. The van der Waals surface area contributed by atoms with Gasteiger partial charge in [-0.15, -0.1) is 0 Å². The van der Waals surface area contributed by atoms with Crippen molar-refractivity contribution in [3.8, 4) is 0 Å². The van der Waals surface area contributed by atoms with Crippen LogP contribution in [0.25, 0.3) is 0 Å². The van der Waals surface area contributed by atoms with Crippen molar-refractivity contribution in [1.29, 1.82) is 0 Å². The number of benzene rings is 1. The van der Waals surface area contributed by atoms with E-state index in [2.05, 4.69) is 17.1 Å². The predicted molar refractivity (Wildman–Crippen MR) is 95.9 cm³/mol. The fourth-order valence-electron chi connectivity index (χ4n) is 3.65. The summed E-state index contributed by atoms with van der Waals surface area (Å²) in [4.78, 5) is 14.8. The lowest BCUT2D eigenvalue weighted by molar-refractivity contribution is 0.0667. The second kappa shape index (κ2) is 8.28. The highest BCUT2D eigenvalue weighted by Gasteiger charge is 2.26. The van der Waals surface area contributed by atoms with Gasteiger partial charge in [-0.25, -0.2) is 4.39 Å². The van der Waals surface area contributed by atoms with Gasteiger partial charge in [-0.1, -0.05) is 31.5 Å². The number of H-pyrrole nitrogens is 1. The van der Waals surface area contributed by atoms with Crippen LogP contribution in [0.2, 0.25) is 0 Å². The largest absolute Gasteiger partial charge is 0.338 e. The Hall–Kier alpha value is -2.17. The van der Waals surface area contributed by atoms with E-state index in [-0.39, 0.29) is 11.7 Å². The first-order valence-electron chi connectivity index (χ1n) is 9.24. The number of hydrogen-bond acceptors (Lipinski definition) is 2. The Morgan fingerprint density at radius 2 is 2.20 bits per heavy atom. The molecule has 1 saturated heterocycles. The lowest BCUT2D eigenvalue weighted by Gasteiger charge is -2.33. The Balaban J connectivity index is 1.60. The second-order valence-electron chi connectivity index (χ2n) is 6.90. The van der Waals surface area contributed by atoms with Crippen LogP contribution in [-0.4, -0.2) is 34.1 Å². The molecule has 1 aliphatic heterocycles. The number of aromatic nitrogens is 2. The maximum Gasteiger partial charge on any atom is 0.257 e. The molecule has 1 fully saturated rings. The van der Waals surface area contributed by atoms with Crippen molar-refractivity contribution < 1.29 is 9.18 Å². The Morgan fingerprint density at radius 3 is 3.00 bits per heavy atom. The van der Waals surface area contributed by atoms with Gasteiger partial charge in [-0.2, -0.15) is 5.10 Å². The summed E-state index contributed by atoms with van der Waals surface area (Å²) in [5.41, 5.74) is 2.41. The van der Waals surface area contributed by atoms with Crippen molar-refractivity contribution in [1.82, 2.24) is 15.1 Å². The molecule has 1 unspecified atom stereocenters. The van der Waals surface area contributed by atoms with Gasteiger partial charge >= 0.3 is 0 Å². The first-order chi connectivity index (χ1) is 12.2. The number of nitrogens with one attached hydrogen (secondary N) is 1. The molecule has 0 saturated carbocycles. The van der Waals surface area contributed by atoms with Gasteiger partial charge in [0.1, 0.15) is 5.82 Å². The number of aromatic amines is 1. The molecule has 25 heavy (non-hydrogen) atoms. The first-order valence-corrected chi connectivity index (χ1v) is 9.24. The van der Waals surface area contributed by atoms with Crippen LogP contribution >= 0.6 is 0 Å². The highest BCUT2D eigenvalue weighted by molar-refractivity contribution is 5.95. The van der Waals surface area contributed by atoms with Crippen LogP contribution in [0, 0.1) is 11.7 Å². The molecule has 1 aromatic carbocycles. The van der Waals surface area contributed by atoms with Gasteiger partial charge in [0.15, 0.2) is 0 Å². The standard InChI is InChI=1S/C20H26FN3O/c1-2-6-19-17(13-22-23-19)20(25)24-12-5-7-15(14-24)10-11-16-8-3-4-9-18(16)21/h3-4,8-9,13,15H,2,5-7,10-12,14H2,1H3,(H,22,23). The number of halogens is 1. The minimum atomic E-state index is -0.131. The predicted octanol–water partition coefficient (Wildman–Crippen LogP) is 3.99. The Bertz CT molecular complexity index is 712. The molecular weight excluding hydrogens is 317 g/mol. The van der Waals surface area contributed by atoms with Crippen LogP contribution < -0.4 is 0 Å². The van der Waals surface area contributed by atoms with Crippen LogP contribution in [-0.2, 0) is 12.8 Å². The summed E-state index contributed by atoms with van der Waals surface area (Å²) in [6.07, 6.45) is 7.22. The number of piperidine rings is 1. The molecular formula is C20H26FN3O. The molecule has 1 aromatic heterocycles. The minimum Gasteiger partial charge on any atom is -0.338 e. The van der Waals surface area contributed by atoms with Gasteiger partial charge in [-0.05, 0) is 49.7 Å². The van der Waals surface area contributed by atoms with E-state index in [1.807, 2.05) is 17.0 Å². The molecule has 0 bridgehead atoms. The summed E-state index contributed by atoms with van der Waals surface area (Å²) in [6, 6.07) is 6.96. The van der Waals surface area contributed by atoms with Gasteiger partial charge in [0, 0.05) is 18.8 Å². The van der Waals surface area contributed by atoms with Gasteiger partial charge in [-0.3, -0.25) is 9.89 Å². The normalized spacial score (nSPS) is 17.7. The molecule has 1 aliphatic rings. The Kier molecular flexibility index (Phi) is 5.84. The Morgan fingerprint density at radius 1 is 1.36 bits per heavy atom. The molecule has 134 valence electrons. The molecule has 1 N–H and O–H groups in total. The lowest BCUT2D eigenvalue weighted by Crippen LogP contribution is -2.40. The van der Waals surface area contributed by atoms with Crippen LogP contribution in [0.4, 0.5) is 4.39 Å². The van der Waals surface area contributed by atoms with Gasteiger partial charge in [0.2, 0.25) is 0 Å². The number of amides is 1. The quantitative estimate of drug-likeness (QED) is 0.862. The van der Waals surface area contributed by atoms with E-state index < -0.39 is 0 Å². The van der Waals surface area contributed by atoms with E-state index in [0.717, 1.165) is 62.9 Å². The van der Waals surface area contributed by atoms with E-state index in [1.165, 1.54) is 6.07 Å². The molecule has 0 spiro atoms. The van der Waals surface area contributed by atoms with Gasteiger partial charge in [0.05, 0.1) is 11.8 Å². The number of carbonyl (C=O) groups excluding carboxylic acids is 1. The highest BCUT2D eigenvalue weighted by atomic mass is 19.1. The first kappa shape index (κ1) is 17.6. The van der Waals surface area contributed by atoms with Crippen molar-refractivity contribution >= 4 is 5.91 Å². The summed E-state index contributed by atoms with van der Waals surface area (Å²) in [5.74, 6) is 0.375. The third kappa shape index (κ3) is 4.27. The van der Waals surface area contributed by atoms with E-state index in [9.17, 15) is 9.18 Å². The summed E-state index contributed by atoms with van der Waals surface area (Å²) >= 11 is 0. The molecule has 2 aromatic rings. The molecule has 2 heterocycles. The molecule has 5 heteroatoms. The zero-order chi connectivity index (χ0) is 17.6. The number of hydrogen-bond donors (Lipinski definition) is 1. The fraction of sp³-hybridized carbons (Fsp3) is 0.500. The molecule has 3 rings (SSSR count).